The summed E-state index contributed by atoms with van der Waals surface area (Å²) in [7, 11) is 0. The molecule has 170 valence electrons. The van der Waals surface area contributed by atoms with Crippen LogP contribution in [0.25, 0.3) is 0 Å². The summed E-state index contributed by atoms with van der Waals surface area (Å²) in [4.78, 5) is 22.4. The summed E-state index contributed by atoms with van der Waals surface area (Å²) in [5, 5.41) is 3.38. The monoisotopic (exact) mass is 417 g/mol. The topological polar surface area (TPSA) is 55.4 Å². The lowest BCUT2D eigenvalue weighted by molar-refractivity contribution is -0.135. The first-order chi connectivity index (χ1) is 14.5. The fourth-order valence-corrected chi connectivity index (χ4v) is 3.59. The van der Waals surface area contributed by atoms with Gasteiger partial charge >= 0.3 is 11.9 Å². The molecule has 0 aliphatic carbocycles. The second-order valence-electron chi connectivity index (χ2n) is 8.81. The van der Waals surface area contributed by atoms with Gasteiger partial charge in [-0.2, -0.15) is 0 Å². The van der Waals surface area contributed by atoms with Crippen molar-refractivity contribution >= 4 is 17.6 Å². The number of carbonyl (C=O) groups is 2. The summed E-state index contributed by atoms with van der Waals surface area (Å²) in [6.45, 7) is 6.80. The molecule has 0 atom stereocenters. The van der Waals surface area contributed by atoms with Gasteiger partial charge in [0.05, 0.1) is 5.56 Å². The van der Waals surface area contributed by atoms with Crippen LogP contribution in [0.3, 0.4) is 0 Å². The zero-order chi connectivity index (χ0) is 22.0. The number of unbranched alkanes of at least 4 members (excludes halogenated alkanes) is 11. The third kappa shape index (κ3) is 14.2. The number of hydrogen-bond donors (Lipinski definition) is 1. The molecule has 0 radical (unpaired) electrons. The molecule has 1 aromatic rings. The van der Waals surface area contributed by atoms with E-state index in [2.05, 4.69) is 23.9 Å². The highest BCUT2D eigenvalue weighted by atomic mass is 16.6. The van der Waals surface area contributed by atoms with Gasteiger partial charge in [0.25, 0.3) is 0 Å². The average molecular weight is 418 g/mol. The maximum absolute atomic E-state index is 11.6. The minimum absolute atomic E-state index is 0.391. The number of hydrogen-bond acceptors (Lipinski definition) is 4. The largest absolute Gasteiger partial charge is 0.390 e. The van der Waals surface area contributed by atoms with Crippen LogP contribution in [0.15, 0.2) is 24.3 Å². The lowest BCUT2D eigenvalue weighted by Gasteiger charge is -2.07. The van der Waals surface area contributed by atoms with Gasteiger partial charge in [0.1, 0.15) is 0 Å². The fourth-order valence-electron chi connectivity index (χ4n) is 3.59. The Morgan fingerprint density at radius 2 is 1.23 bits per heavy atom. The van der Waals surface area contributed by atoms with Crippen molar-refractivity contribution in [3.63, 3.8) is 0 Å². The molecule has 0 unspecified atom stereocenters. The van der Waals surface area contributed by atoms with E-state index in [1.165, 1.54) is 84.0 Å². The highest BCUT2D eigenvalue weighted by Gasteiger charge is 2.09. The molecule has 0 aromatic heterocycles. The first-order valence-corrected chi connectivity index (χ1v) is 12.1. The molecule has 4 heteroatoms. The van der Waals surface area contributed by atoms with Gasteiger partial charge in [-0.1, -0.05) is 90.9 Å². The Balaban J connectivity index is 1.91. The average Bonchev–Trinajstić information content (AvgIpc) is 2.70. The van der Waals surface area contributed by atoms with Crippen molar-refractivity contribution in [3.8, 4) is 0 Å². The Morgan fingerprint density at radius 1 is 0.767 bits per heavy atom. The molecule has 0 fully saturated rings. The molecule has 0 saturated carbocycles. The van der Waals surface area contributed by atoms with Gasteiger partial charge in [-0.05, 0) is 36.6 Å². The van der Waals surface area contributed by atoms with E-state index in [9.17, 15) is 9.59 Å². The van der Waals surface area contributed by atoms with Crippen molar-refractivity contribution < 1.29 is 14.3 Å². The van der Waals surface area contributed by atoms with Crippen molar-refractivity contribution in [3.05, 3.63) is 29.8 Å². The van der Waals surface area contributed by atoms with E-state index in [4.69, 9.17) is 0 Å². The minimum atomic E-state index is -0.601. The number of nitrogens with one attached hydrogen (secondary N) is 1. The second-order valence-corrected chi connectivity index (χ2v) is 8.81. The van der Waals surface area contributed by atoms with Crippen LogP contribution < -0.4 is 5.32 Å². The van der Waals surface area contributed by atoms with Crippen molar-refractivity contribution in [2.45, 2.75) is 104 Å². The summed E-state index contributed by atoms with van der Waals surface area (Å²) >= 11 is 0. The Labute approximate surface area is 184 Å². The first-order valence-electron chi connectivity index (χ1n) is 12.1. The van der Waals surface area contributed by atoms with E-state index < -0.39 is 11.9 Å². The Bertz CT molecular complexity index is 580. The predicted octanol–water partition coefficient (Wildman–Crippen LogP) is 7.53. The molecule has 0 heterocycles. The van der Waals surface area contributed by atoms with Gasteiger partial charge in [-0.3, -0.25) is 4.79 Å². The molecule has 0 aliphatic rings. The summed E-state index contributed by atoms with van der Waals surface area (Å²) in [5.74, 6) is -0.329. The van der Waals surface area contributed by atoms with E-state index >= 15 is 0 Å². The van der Waals surface area contributed by atoms with Gasteiger partial charge in [-0.15, -0.1) is 0 Å². The zero-order valence-electron chi connectivity index (χ0n) is 19.5. The van der Waals surface area contributed by atoms with Gasteiger partial charge < -0.3 is 10.1 Å². The minimum Gasteiger partial charge on any atom is -0.390 e. The molecule has 0 bridgehead atoms. The maximum Gasteiger partial charge on any atom is 0.345 e. The van der Waals surface area contributed by atoms with Crippen LogP contribution >= 0.6 is 0 Å². The van der Waals surface area contributed by atoms with Crippen LogP contribution in [0.2, 0.25) is 0 Å². The molecule has 1 rings (SSSR count). The molecule has 30 heavy (non-hydrogen) atoms. The fraction of sp³-hybridized carbons (Fsp3) is 0.692. The van der Waals surface area contributed by atoms with E-state index in [1.807, 2.05) is 12.1 Å². The van der Waals surface area contributed by atoms with Gasteiger partial charge in [0.15, 0.2) is 0 Å². The molecular formula is C26H43NO3. The quantitative estimate of drug-likeness (QED) is 0.162. The summed E-state index contributed by atoms with van der Waals surface area (Å²) in [5.41, 5.74) is 1.38. The third-order valence-electron chi connectivity index (χ3n) is 5.39. The van der Waals surface area contributed by atoms with Gasteiger partial charge in [-0.25, -0.2) is 4.79 Å². The molecule has 0 spiro atoms. The Kier molecular flexibility index (Phi) is 14.8. The predicted molar refractivity (Wildman–Crippen MR) is 126 cm³/mol. The lowest BCUT2D eigenvalue weighted by Crippen LogP contribution is -2.09. The number of carbonyl (C=O) groups excluding carboxylic acids is 2. The van der Waals surface area contributed by atoms with E-state index in [-0.39, 0.29) is 0 Å². The molecule has 4 nitrogen and oxygen atoms in total. The Hall–Kier alpha value is -1.84. The van der Waals surface area contributed by atoms with Crippen LogP contribution in [0.4, 0.5) is 5.69 Å². The highest BCUT2D eigenvalue weighted by Crippen LogP contribution is 2.15. The molecular weight excluding hydrogens is 374 g/mol. The third-order valence-corrected chi connectivity index (χ3v) is 5.39. The molecule has 1 N–H and O–H groups in total. The van der Waals surface area contributed by atoms with Crippen LogP contribution in [0.5, 0.6) is 0 Å². The van der Waals surface area contributed by atoms with Crippen LogP contribution in [-0.4, -0.2) is 18.5 Å². The first kappa shape index (κ1) is 26.2. The van der Waals surface area contributed by atoms with Crippen LogP contribution in [0, 0.1) is 5.92 Å². The van der Waals surface area contributed by atoms with Crippen molar-refractivity contribution in [1.82, 2.24) is 0 Å². The molecule has 0 aliphatic heterocycles. The van der Waals surface area contributed by atoms with Crippen molar-refractivity contribution in [1.29, 1.82) is 0 Å². The molecule has 0 amide bonds. The van der Waals surface area contributed by atoms with Crippen LogP contribution in [-0.2, 0) is 9.53 Å². The standard InChI is InChI=1S/C26H43NO3/c1-22(2)16-14-12-10-8-6-4-5-7-9-11-13-15-21-27-25-19-17-24(18-20-25)26(29)30-23(3)28/h17-20,22,27H,4-16,21H2,1-3H3. The van der Waals surface area contributed by atoms with Gasteiger partial charge in [0, 0.05) is 19.2 Å². The SMILES string of the molecule is CC(=O)OC(=O)c1ccc(NCCCCCCCCCCCCCCC(C)C)cc1. The second kappa shape index (κ2) is 16.9. The van der Waals surface area contributed by atoms with Crippen molar-refractivity contribution in [2.24, 2.45) is 5.92 Å². The van der Waals surface area contributed by atoms with Crippen LogP contribution in [0.1, 0.15) is 115 Å². The number of anilines is 1. The van der Waals surface area contributed by atoms with E-state index in [0.717, 1.165) is 24.6 Å². The van der Waals surface area contributed by atoms with Gasteiger partial charge in [0.2, 0.25) is 0 Å². The maximum atomic E-state index is 11.6. The summed E-state index contributed by atoms with van der Waals surface area (Å²) < 4.78 is 4.57. The Morgan fingerprint density at radius 3 is 1.70 bits per heavy atom. The highest BCUT2D eigenvalue weighted by molar-refractivity contribution is 5.96. The lowest BCUT2D eigenvalue weighted by atomic mass is 10.0. The van der Waals surface area contributed by atoms with E-state index in [1.54, 1.807) is 12.1 Å². The summed E-state index contributed by atoms with van der Waals surface area (Å²) in [6.07, 6.45) is 17.7. The number of esters is 2. The van der Waals surface area contributed by atoms with E-state index in [0.29, 0.717) is 5.56 Å². The smallest absolute Gasteiger partial charge is 0.345 e. The normalized spacial score (nSPS) is 10.9. The molecule has 1 aromatic carbocycles. The number of rotatable bonds is 17. The number of ether oxygens (including phenoxy) is 1. The molecule has 0 saturated heterocycles. The zero-order valence-corrected chi connectivity index (χ0v) is 19.5. The summed E-state index contributed by atoms with van der Waals surface area (Å²) in [6, 6.07) is 7.06. The van der Waals surface area contributed by atoms with Crippen molar-refractivity contribution in [2.75, 3.05) is 11.9 Å². The number of benzene rings is 1.